The molecule has 1 aliphatic carbocycles. The molecule has 7 nitrogen and oxygen atoms in total. The van der Waals surface area contributed by atoms with Gasteiger partial charge in [0.25, 0.3) is 0 Å². The van der Waals surface area contributed by atoms with Crippen molar-refractivity contribution in [3.8, 4) is 0 Å². The van der Waals surface area contributed by atoms with Crippen molar-refractivity contribution >= 4 is 17.8 Å². The molecule has 2 aromatic rings. The van der Waals surface area contributed by atoms with E-state index in [1.807, 2.05) is 30.3 Å². The Morgan fingerprint density at radius 3 is 2.72 bits per heavy atom. The SMILES string of the molecule is C[C@@H](CC(=O)Nc1ncn(CC(=O)NCc2ccccc2)n1)C1CC1. The van der Waals surface area contributed by atoms with Gasteiger partial charge in [-0.15, -0.1) is 5.10 Å². The molecule has 0 radical (unpaired) electrons. The van der Waals surface area contributed by atoms with E-state index < -0.39 is 0 Å². The topological polar surface area (TPSA) is 88.9 Å². The number of carbonyl (C=O) groups excluding carboxylic acids is 2. The van der Waals surface area contributed by atoms with Crippen molar-refractivity contribution in [2.45, 2.75) is 39.3 Å². The highest BCUT2D eigenvalue weighted by atomic mass is 16.2. The molecule has 0 unspecified atom stereocenters. The zero-order valence-corrected chi connectivity index (χ0v) is 14.3. The summed E-state index contributed by atoms with van der Waals surface area (Å²) in [6.45, 7) is 2.63. The molecule has 0 aliphatic heterocycles. The fourth-order valence-electron chi connectivity index (χ4n) is 2.73. The molecule has 0 bridgehead atoms. The number of amides is 2. The van der Waals surface area contributed by atoms with Crippen LogP contribution in [-0.2, 0) is 22.7 Å². The van der Waals surface area contributed by atoms with Gasteiger partial charge in [0.2, 0.25) is 17.8 Å². The Kier molecular flexibility index (Phi) is 5.42. The Morgan fingerprint density at radius 2 is 2.00 bits per heavy atom. The van der Waals surface area contributed by atoms with Crippen LogP contribution in [0.5, 0.6) is 0 Å². The molecule has 7 heteroatoms. The van der Waals surface area contributed by atoms with E-state index in [1.165, 1.54) is 23.9 Å². The first-order valence-corrected chi connectivity index (χ1v) is 8.60. The minimum atomic E-state index is -0.158. The smallest absolute Gasteiger partial charge is 0.248 e. The first kappa shape index (κ1) is 17.1. The molecule has 2 amide bonds. The third-order valence-corrected chi connectivity index (χ3v) is 4.36. The number of aromatic nitrogens is 3. The van der Waals surface area contributed by atoms with Crippen LogP contribution in [0, 0.1) is 11.8 Å². The van der Waals surface area contributed by atoms with E-state index >= 15 is 0 Å². The van der Waals surface area contributed by atoms with E-state index in [0.717, 1.165) is 5.56 Å². The van der Waals surface area contributed by atoms with Crippen molar-refractivity contribution in [3.05, 3.63) is 42.2 Å². The summed E-state index contributed by atoms with van der Waals surface area (Å²) in [6, 6.07) is 9.69. The number of rotatable bonds is 8. The highest BCUT2D eigenvalue weighted by molar-refractivity contribution is 5.89. The molecule has 1 saturated carbocycles. The lowest BCUT2D eigenvalue weighted by Crippen LogP contribution is -2.27. The summed E-state index contributed by atoms with van der Waals surface area (Å²) in [4.78, 5) is 28.0. The van der Waals surface area contributed by atoms with Crippen LogP contribution < -0.4 is 10.6 Å². The largest absolute Gasteiger partial charge is 0.350 e. The summed E-state index contributed by atoms with van der Waals surface area (Å²) in [5.41, 5.74) is 1.03. The summed E-state index contributed by atoms with van der Waals surface area (Å²) >= 11 is 0. The van der Waals surface area contributed by atoms with Gasteiger partial charge in [0.05, 0.1) is 0 Å². The molecule has 0 spiro atoms. The molecule has 1 aromatic heterocycles. The lowest BCUT2D eigenvalue weighted by molar-refractivity contribution is -0.122. The lowest BCUT2D eigenvalue weighted by atomic mass is 10.0. The van der Waals surface area contributed by atoms with Crippen LogP contribution in [0.3, 0.4) is 0 Å². The molecule has 25 heavy (non-hydrogen) atoms. The Bertz CT molecular complexity index is 724. The second-order valence-corrected chi connectivity index (χ2v) is 6.60. The molecule has 132 valence electrons. The van der Waals surface area contributed by atoms with E-state index in [2.05, 4.69) is 27.6 Å². The average Bonchev–Trinajstić information content (AvgIpc) is 3.36. The molecule has 1 fully saturated rings. The van der Waals surface area contributed by atoms with Gasteiger partial charge in [-0.2, -0.15) is 0 Å². The van der Waals surface area contributed by atoms with Crippen LogP contribution in [0.4, 0.5) is 5.95 Å². The fraction of sp³-hybridized carbons (Fsp3) is 0.444. The monoisotopic (exact) mass is 341 g/mol. The molecule has 1 atom stereocenters. The Balaban J connectivity index is 1.42. The molecule has 1 heterocycles. The molecular formula is C18H23N5O2. The highest BCUT2D eigenvalue weighted by Gasteiger charge is 2.29. The van der Waals surface area contributed by atoms with E-state index in [9.17, 15) is 9.59 Å². The number of nitrogens with one attached hydrogen (secondary N) is 2. The summed E-state index contributed by atoms with van der Waals surface area (Å²) in [5.74, 6) is 1.08. The zero-order valence-electron chi connectivity index (χ0n) is 14.3. The maximum Gasteiger partial charge on any atom is 0.248 e. The normalized spacial score (nSPS) is 14.8. The molecule has 1 aliphatic rings. The van der Waals surface area contributed by atoms with Gasteiger partial charge in [0.1, 0.15) is 12.9 Å². The second-order valence-electron chi connectivity index (χ2n) is 6.60. The maximum absolute atomic E-state index is 12.0. The molecule has 1 aromatic carbocycles. The van der Waals surface area contributed by atoms with Crippen molar-refractivity contribution in [2.24, 2.45) is 11.8 Å². The van der Waals surface area contributed by atoms with E-state index in [4.69, 9.17) is 0 Å². The molecular weight excluding hydrogens is 318 g/mol. The van der Waals surface area contributed by atoms with Crippen LogP contribution >= 0.6 is 0 Å². The maximum atomic E-state index is 12.0. The minimum Gasteiger partial charge on any atom is -0.350 e. The standard InChI is InChI=1S/C18H23N5O2/c1-13(15-7-8-15)9-16(24)21-18-20-12-23(22-18)11-17(25)19-10-14-5-3-2-4-6-14/h2-6,12-13,15H,7-11H2,1H3,(H,19,25)(H,21,22,24)/t13-/m0/s1. The number of hydrogen-bond donors (Lipinski definition) is 2. The number of anilines is 1. The van der Waals surface area contributed by atoms with E-state index in [1.54, 1.807) is 0 Å². The first-order chi connectivity index (χ1) is 12.1. The van der Waals surface area contributed by atoms with Crippen molar-refractivity contribution < 1.29 is 9.59 Å². The molecule has 0 saturated heterocycles. The quantitative estimate of drug-likeness (QED) is 0.768. The van der Waals surface area contributed by atoms with Crippen LogP contribution in [0.2, 0.25) is 0 Å². The minimum absolute atomic E-state index is 0.0637. The van der Waals surface area contributed by atoms with E-state index in [-0.39, 0.29) is 24.3 Å². The van der Waals surface area contributed by atoms with Gasteiger partial charge in [0, 0.05) is 13.0 Å². The molecule has 2 N–H and O–H groups in total. The third kappa shape index (κ3) is 5.41. The van der Waals surface area contributed by atoms with Gasteiger partial charge in [-0.25, -0.2) is 9.67 Å². The van der Waals surface area contributed by atoms with Gasteiger partial charge in [-0.05, 0) is 30.2 Å². The third-order valence-electron chi connectivity index (χ3n) is 4.36. The zero-order chi connectivity index (χ0) is 17.6. The van der Waals surface area contributed by atoms with Gasteiger partial charge in [-0.1, -0.05) is 37.3 Å². The molecule has 3 rings (SSSR count). The number of hydrogen-bond acceptors (Lipinski definition) is 4. The predicted octanol–water partition coefficient (Wildman–Crippen LogP) is 1.97. The summed E-state index contributed by atoms with van der Waals surface area (Å²) in [5, 5.41) is 9.65. The van der Waals surface area contributed by atoms with Crippen LogP contribution in [0.25, 0.3) is 0 Å². The highest BCUT2D eigenvalue weighted by Crippen LogP contribution is 2.38. The number of benzene rings is 1. The predicted molar refractivity (Wildman–Crippen MR) is 93.4 cm³/mol. The summed E-state index contributed by atoms with van der Waals surface area (Å²) < 4.78 is 1.42. The Morgan fingerprint density at radius 1 is 1.24 bits per heavy atom. The van der Waals surface area contributed by atoms with Crippen LogP contribution in [-0.4, -0.2) is 26.6 Å². The lowest BCUT2D eigenvalue weighted by Gasteiger charge is -2.08. The second kappa shape index (κ2) is 7.92. The van der Waals surface area contributed by atoms with Crippen LogP contribution in [0.1, 0.15) is 31.7 Å². The van der Waals surface area contributed by atoms with Crippen LogP contribution in [0.15, 0.2) is 36.7 Å². The summed E-state index contributed by atoms with van der Waals surface area (Å²) in [6.07, 6.45) is 4.37. The van der Waals surface area contributed by atoms with E-state index in [0.29, 0.717) is 24.8 Å². The van der Waals surface area contributed by atoms with Gasteiger partial charge >= 0.3 is 0 Å². The fourth-order valence-corrected chi connectivity index (χ4v) is 2.73. The first-order valence-electron chi connectivity index (χ1n) is 8.60. The van der Waals surface area contributed by atoms with Crippen molar-refractivity contribution in [1.82, 2.24) is 20.1 Å². The van der Waals surface area contributed by atoms with Gasteiger partial charge in [-0.3, -0.25) is 14.9 Å². The summed E-state index contributed by atoms with van der Waals surface area (Å²) in [7, 11) is 0. The number of nitrogens with zero attached hydrogens (tertiary/aromatic N) is 3. The number of carbonyl (C=O) groups is 2. The Hall–Kier alpha value is -2.70. The van der Waals surface area contributed by atoms with Crippen molar-refractivity contribution in [3.63, 3.8) is 0 Å². The van der Waals surface area contributed by atoms with Gasteiger partial charge in [0.15, 0.2) is 0 Å². The van der Waals surface area contributed by atoms with Crippen molar-refractivity contribution in [2.75, 3.05) is 5.32 Å². The average molecular weight is 341 g/mol. The van der Waals surface area contributed by atoms with Crippen molar-refractivity contribution in [1.29, 1.82) is 0 Å². The van der Waals surface area contributed by atoms with Gasteiger partial charge < -0.3 is 5.32 Å². The Labute approximate surface area is 146 Å².